The van der Waals surface area contributed by atoms with Gasteiger partial charge in [-0.05, 0) is 46.5 Å². The molecule has 3 rings (SSSR count). The fraction of sp³-hybridized carbons (Fsp3) is 0.812. The Morgan fingerprint density at radius 1 is 1.32 bits per heavy atom. The average molecular weight is 307 g/mol. The molecule has 1 aliphatic carbocycles. The van der Waals surface area contributed by atoms with Crippen LogP contribution in [0.15, 0.2) is 4.99 Å². The molecule has 2 amide bonds. The standard InChI is InChI=1S/C16H25N3O3/c1-15(2,3)22-14(21)19-10-6-7-11(19)12-17-13(20)16(18-12)8-4-5-9-16/h11H,4-10H2,1-3H3,(H,17,18,20)/t11-/m0/s1. The van der Waals surface area contributed by atoms with Crippen LogP contribution in [0.4, 0.5) is 4.79 Å². The van der Waals surface area contributed by atoms with Crippen molar-refractivity contribution >= 4 is 17.8 Å². The highest BCUT2D eigenvalue weighted by Gasteiger charge is 2.48. The van der Waals surface area contributed by atoms with E-state index in [0.29, 0.717) is 12.4 Å². The Kier molecular flexibility index (Phi) is 3.65. The number of likely N-dealkylation sites (tertiary alicyclic amines) is 1. The lowest BCUT2D eigenvalue weighted by Crippen LogP contribution is -2.47. The fourth-order valence-corrected chi connectivity index (χ4v) is 3.59. The van der Waals surface area contributed by atoms with E-state index in [-0.39, 0.29) is 18.0 Å². The average Bonchev–Trinajstić information content (AvgIpc) is 3.11. The summed E-state index contributed by atoms with van der Waals surface area (Å²) < 4.78 is 5.47. The van der Waals surface area contributed by atoms with Crippen LogP contribution >= 0.6 is 0 Å². The first kappa shape index (κ1) is 15.3. The smallest absolute Gasteiger partial charge is 0.410 e. The lowest BCUT2D eigenvalue weighted by atomic mass is 9.99. The van der Waals surface area contributed by atoms with Crippen molar-refractivity contribution in [3.63, 3.8) is 0 Å². The minimum atomic E-state index is -0.558. The summed E-state index contributed by atoms with van der Waals surface area (Å²) in [6.45, 7) is 6.23. The van der Waals surface area contributed by atoms with Crippen LogP contribution in [0.2, 0.25) is 0 Å². The summed E-state index contributed by atoms with van der Waals surface area (Å²) in [6, 6.07) is -0.154. The molecule has 0 radical (unpaired) electrons. The van der Waals surface area contributed by atoms with Crippen LogP contribution in [-0.2, 0) is 9.53 Å². The second kappa shape index (κ2) is 5.25. The van der Waals surface area contributed by atoms with Crippen LogP contribution in [0.5, 0.6) is 0 Å². The number of carbonyl (C=O) groups excluding carboxylic acids is 2. The number of amides is 2. The van der Waals surface area contributed by atoms with E-state index in [4.69, 9.17) is 9.73 Å². The normalized spacial score (nSPS) is 27.2. The van der Waals surface area contributed by atoms with E-state index in [1.807, 2.05) is 20.8 Å². The number of carbonyl (C=O) groups is 2. The summed E-state index contributed by atoms with van der Waals surface area (Å²) in [5.41, 5.74) is -1.07. The summed E-state index contributed by atoms with van der Waals surface area (Å²) in [6.07, 6.45) is 5.15. The Bertz CT molecular complexity index is 515. The van der Waals surface area contributed by atoms with E-state index in [1.165, 1.54) is 0 Å². The van der Waals surface area contributed by atoms with Gasteiger partial charge in [0.05, 0.1) is 6.04 Å². The maximum absolute atomic E-state index is 12.4. The van der Waals surface area contributed by atoms with E-state index in [2.05, 4.69) is 5.32 Å². The lowest BCUT2D eigenvalue weighted by Gasteiger charge is -2.28. The van der Waals surface area contributed by atoms with Gasteiger partial charge in [-0.3, -0.25) is 14.7 Å². The second-order valence-electron chi connectivity index (χ2n) is 7.52. The van der Waals surface area contributed by atoms with E-state index in [9.17, 15) is 9.59 Å². The molecule has 1 saturated carbocycles. The van der Waals surface area contributed by atoms with Crippen molar-refractivity contribution in [2.75, 3.05) is 6.54 Å². The Morgan fingerprint density at radius 3 is 2.64 bits per heavy atom. The van der Waals surface area contributed by atoms with Crippen LogP contribution in [0, 0.1) is 0 Å². The number of hydrogen-bond acceptors (Lipinski definition) is 4. The fourth-order valence-electron chi connectivity index (χ4n) is 3.59. The van der Waals surface area contributed by atoms with Crippen molar-refractivity contribution in [2.24, 2.45) is 4.99 Å². The molecule has 2 fully saturated rings. The van der Waals surface area contributed by atoms with Gasteiger partial charge in [-0.15, -0.1) is 0 Å². The molecule has 1 atom stereocenters. The van der Waals surface area contributed by atoms with Gasteiger partial charge < -0.3 is 10.1 Å². The van der Waals surface area contributed by atoms with E-state index in [1.54, 1.807) is 4.90 Å². The molecule has 0 aromatic rings. The van der Waals surface area contributed by atoms with Crippen molar-refractivity contribution in [3.05, 3.63) is 0 Å². The van der Waals surface area contributed by atoms with Gasteiger partial charge in [0.15, 0.2) is 0 Å². The molecule has 2 aliphatic heterocycles. The highest BCUT2D eigenvalue weighted by molar-refractivity contribution is 6.11. The number of amidine groups is 1. The maximum Gasteiger partial charge on any atom is 0.410 e. The SMILES string of the molecule is CC(C)(C)OC(=O)N1CCC[C@H]1C1=NC2(CCCC2)C(=O)N1. The molecule has 6 nitrogen and oxygen atoms in total. The molecule has 1 N–H and O–H groups in total. The largest absolute Gasteiger partial charge is 0.444 e. The van der Waals surface area contributed by atoms with Gasteiger partial charge in [-0.25, -0.2) is 4.79 Å². The molecule has 0 unspecified atom stereocenters. The summed E-state index contributed by atoms with van der Waals surface area (Å²) in [4.78, 5) is 31.1. The number of nitrogens with one attached hydrogen (secondary N) is 1. The van der Waals surface area contributed by atoms with Gasteiger partial charge in [0.25, 0.3) is 5.91 Å². The van der Waals surface area contributed by atoms with E-state index >= 15 is 0 Å². The zero-order chi connectivity index (χ0) is 16.0. The lowest BCUT2D eigenvalue weighted by molar-refractivity contribution is -0.123. The first-order valence-electron chi connectivity index (χ1n) is 8.22. The van der Waals surface area contributed by atoms with Crippen molar-refractivity contribution in [3.8, 4) is 0 Å². The highest BCUT2D eigenvalue weighted by Crippen LogP contribution is 2.37. The molecule has 1 spiro atoms. The number of aliphatic imine (C=N–C) groups is 1. The van der Waals surface area contributed by atoms with Gasteiger partial charge in [0.1, 0.15) is 17.0 Å². The van der Waals surface area contributed by atoms with Gasteiger partial charge in [0, 0.05) is 6.54 Å². The second-order valence-corrected chi connectivity index (χ2v) is 7.52. The van der Waals surface area contributed by atoms with E-state index < -0.39 is 11.1 Å². The van der Waals surface area contributed by atoms with E-state index in [0.717, 1.165) is 38.5 Å². The van der Waals surface area contributed by atoms with Crippen LogP contribution in [0.25, 0.3) is 0 Å². The molecule has 22 heavy (non-hydrogen) atoms. The zero-order valence-electron chi connectivity index (χ0n) is 13.6. The minimum absolute atomic E-state index is 0.0102. The summed E-state index contributed by atoms with van der Waals surface area (Å²) in [5, 5.41) is 2.94. The number of ether oxygens (including phenoxy) is 1. The first-order chi connectivity index (χ1) is 10.3. The molecule has 122 valence electrons. The van der Waals surface area contributed by atoms with Crippen molar-refractivity contribution < 1.29 is 14.3 Å². The Morgan fingerprint density at radius 2 is 2.00 bits per heavy atom. The van der Waals surface area contributed by atoms with Gasteiger partial charge in [-0.1, -0.05) is 12.8 Å². The molecular weight excluding hydrogens is 282 g/mol. The Hall–Kier alpha value is -1.59. The topological polar surface area (TPSA) is 71.0 Å². The van der Waals surface area contributed by atoms with Crippen molar-refractivity contribution in [2.45, 2.75) is 76.5 Å². The van der Waals surface area contributed by atoms with Crippen LogP contribution in [0.1, 0.15) is 59.3 Å². The number of hydrogen-bond donors (Lipinski definition) is 1. The Labute approximate surface area is 131 Å². The quantitative estimate of drug-likeness (QED) is 0.807. The monoisotopic (exact) mass is 307 g/mol. The summed E-state index contributed by atoms with van der Waals surface area (Å²) in [7, 11) is 0. The third-order valence-corrected chi connectivity index (χ3v) is 4.63. The van der Waals surface area contributed by atoms with Gasteiger partial charge >= 0.3 is 6.09 Å². The molecule has 2 heterocycles. The van der Waals surface area contributed by atoms with Gasteiger partial charge in [-0.2, -0.15) is 0 Å². The van der Waals surface area contributed by atoms with Crippen molar-refractivity contribution in [1.82, 2.24) is 10.2 Å². The molecular formula is C16H25N3O3. The van der Waals surface area contributed by atoms with Gasteiger partial charge in [0.2, 0.25) is 0 Å². The first-order valence-corrected chi connectivity index (χ1v) is 8.22. The zero-order valence-corrected chi connectivity index (χ0v) is 13.6. The predicted molar refractivity (Wildman–Crippen MR) is 82.7 cm³/mol. The molecule has 6 heteroatoms. The highest BCUT2D eigenvalue weighted by atomic mass is 16.6. The maximum atomic E-state index is 12.4. The molecule has 3 aliphatic rings. The van der Waals surface area contributed by atoms with Crippen molar-refractivity contribution in [1.29, 1.82) is 0 Å². The molecule has 0 aromatic carbocycles. The molecule has 0 bridgehead atoms. The Balaban J connectivity index is 1.76. The van der Waals surface area contributed by atoms with Crippen LogP contribution in [-0.4, -0.2) is 46.5 Å². The predicted octanol–water partition coefficient (Wildman–Crippen LogP) is 2.23. The minimum Gasteiger partial charge on any atom is -0.444 e. The number of nitrogens with zero attached hydrogens (tertiary/aromatic N) is 2. The third-order valence-electron chi connectivity index (χ3n) is 4.63. The van der Waals surface area contributed by atoms with Crippen LogP contribution in [0.3, 0.4) is 0 Å². The summed E-state index contributed by atoms with van der Waals surface area (Å²) in [5.74, 6) is 0.672. The van der Waals surface area contributed by atoms with Crippen LogP contribution < -0.4 is 5.32 Å². The third kappa shape index (κ3) is 2.71. The number of rotatable bonds is 1. The molecule has 0 aromatic heterocycles. The molecule has 1 saturated heterocycles. The summed E-state index contributed by atoms with van der Waals surface area (Å²) >= 11 is 0.